The van der Waals surface area contributed by atoms with E-state index in [-0.39, 0.29) is 206 Å². The van der Waals surface area contributed by atoms with Crippen molar-refractivity contribution in [1.82, 2.24) is 0 Å². The Morgan fingerprint density at radius 3 is 1.28 bits per heavy atom. The van der Waals surface area contributed by atoms with Gasteiger partial charge in [0.25, 0.3) is 0 Å². The Morgan fingerprint density at radius 2 is 0.870 bits per heavy atom. The van der Waals surface area contributed by atoms with Crippen molar-refractivity contribution in [3.05, 3.63) is 106 Å². The Labute approximate surface area is 673 Å². The summed E-state index contributed by atoms with van der Waals surface area (Å²) in [6.07, 6.45) is 30.1. The number of carbonyl (C=O) groups excluding carboxylic acids is 1. The molecule has 604 valence electrons. The fraction of sp³-hybridized carbons (Fsp3) is 0.800. The molecule has 16 aliphatic heterocycles. The largest absolute Gasteiger partial charge is 2.00 e. The second-order valence-electron chi connectivity index (χ2n) is 35.8. The van der Waals surface area contributed by atoms with Gasteiger partial charge in [-0.25, -0.2) is 19.6 Å². The van der Waals surface area contributed by atoms with Crippen LogP contribution in [0.5, 0.6) is 0 Å². The molecule has 1 N–H and O–H groups in total. The summed E-state index contributed by atoms with van der Waals surface area (Å²) in [7, 11) is 0. The number of aliphatic hydroxyl groups excluding tert-OH is 1. The van der Waals surface area contributed by atoms with E-state index in [9.17, 15) is 9.90 Å². The summed E-state index contributed by atoms with van der Waals surface area (Å²) in [6.45, 7) is 58.9. The Kier molecular flexibility index (Phi) is 31.7. The molecule has 0 amide bonds. The van der Waals surface area contributed by atoms with Crippen molar-refractivity contribution in [2.24, 2.45) is 59.2 Å². The van der Waals surface area contributed by atoms with Crippen LogP contribution in [0, 0.1) is 66.1 Å². The number of halogens is 1. The van der Waals surface area contributed by atoms with Crippen LogP contribution >= 0.6 is 0 Å². The van der Waals surface area contributed by atoms with Crippen molar-refractivity contribution in [3.63, 3.8) is 0 Å². The number of rotatable bonds is 32. The fourth-order valence-electron chi connectivity index (χ4n) is 21.5. The summed E-state index contributed by atoms with van der Waals surface area (Å²) in [6, 6.07) is 0. The third-order valence-corrected chi connectivity index (χ3v) is 28.4. The molecule has 0 aromatic rings. The van der Waals surface area contributed by atoms with Crippen molar-refractivity contribution in [2.75, 3.05) is 0 Å². The Morgan fingerprint density at radius 1 is 0.472 bits per heavy atom. The molecular formula is C90H139ClMgO16. The summed E-state index contributed by atoms with van der Waals surface area (Å²) in [5.41, 5.74) is 4.70. The smallest absolute Gasteiger partial charge is 1.00 e. The van der Waals surface area contributed by atoms with Gasteiger partial charge in [0.05, 0.1) is 116 Å². The first-order chi connectivity index (χ1) is 50.9. The number of hydrogen-bond donors (Lipinski definition) is 1. The van der Waals surface area contributed by atoms with Crippen LogP contribution in [0.1, 0.15) is 230 Å². The molecule has 16 rings (SSSR count). The van der Waals surface area contributed by atoms with Gasteiger partial charge in [0, 0.05) is 56.8 Å². The zero-order chi connectivity index (χ0) is 75.6. The summed E-state index contributed by atoms with van der Waals surface area (Å²) in [5.74, 6) is 2.37. The number of allylic oxidation sites excluding steroid dienone is 1. The van der Waals surface area contributed by atoms with Crippen molar-refractivity contribution in [2.45, 2.75) is 394 Å². The first-order valence-electron chi connectivity index (χ1n) is 42.2. The summed E-state index contributed by atoms with van der Waals surface area (Å²) >= 11 is 0. The van der Waals surface area contributed by atoms with Crippen molar-refractivity contribution >= 4 is 29.3 Å². The molecule has 37 atom stereocenters. The molecule has 0 aromatic carbocycles. The monoisotopic (exact) mass is 1530 g/mol. The molecule has 108 heavy (non-hydrogen) atoms. The molecule has 16 fully saturated rings. The maximum atomic E-state index is 11.7. The van der Waals surface area contributed by atoms with Crippen LogP contribution in [0.4, 0.5) is 0 Å². The second kappa shape index (κ2) is 38.8. The van der Waals surface area contributed by atoms with E-state index in [1.54, 1.807) is 0 Å². The normalized spacial score (nSPS) is 45.8. The van der Waals surface area contributed by atoms with Crippen LogP contribution in [0.2, 0.25) is 0 Å². The molecule has 16 heterocycles. The topological polar surface area (TPSA) is 167 Å². The Hall–Kier alpha value is -2.08. The maximum absolute atomic E-state index is 11.7. The summed E-state index contributed by atoms with van der Waals surface area (Å²) in [5, 5.41) is 10.8. The molecular weight excluding hydrogens is 1400 g/mol. The number of ether oxygens (including phenoxy) is 14. The summed E-state index contributed by atoms with van der Waals surface area (Å²) in [4.78, 5) is 11.7. The van der Waals surface area contributed by atoms with Gasteiger partial charge in [-0.3, -0.25) is 0 Å². The van der Waals surface area contributed by atoms with Crippen LogP contribution in [0.3, 0.4) is 0 Å². The van der Waals surface area contributed by atoms with Gasteiger partial charge >= 0.3 is 23.1 Å². The minimum Gasteiger partial charge on any atom is -1.00 e. The van der Waals surface area contributed by atoms with Crippen molar-refractivity contribution in [1.29, 1.82) is 0 Å². The number of hydrogen-bond acceptors (Lipinski definition) is 16. The van der Waals surface area contributed by atoms with E-state index in [1.807, 2.05) is 18.2 Å². The van der Waals surface area contributed by atoms with Crippen molar-refractivity contribution in [3.8, 4) is 0 Å². The molecule has 16 nitrogen and oxygen atoms in total. The Bertz CT molecular complexity index is 3020. The zero-order valence-electron chi connectivity index (χ0n) is 67.8. The zero-order valence-corrected chi connectivity index (χ0v) is 70.0. The minimum atomic E-state index is -0.645. The molecule has 0 aromatic heterocycles. The fourth-order valence-corrected chi connectivity index (χ4v) is 21.5. The third-order valence-electron chi connectivity index (χ3n) is 28.4. The van der Waals surface area contributed by atoms with Gasteiger partial charge in [0.15, 0.2) is 11.6 Å². The van der Waals surface area contributed by atoms with E-state index in [2.05, 4.69) is 129 Å². The molecule has 0 radical (unpaired) electrons. The van der Waals surface area contributed by atoms with E-state index in [1.165, 1.54) is 22.8 Å². The predicted octanol–water partition coefficient (Wildman–Crippen LogP) is 13.7. The van der Waals surface area contributed by atoms with E-state index in [4.69, 9.17) is 66.3 Å². The number of aldehydes is 1. The molecule has 5 unspecified atom stereocenters. The first kappa shape index (κ1) is 88.3. The second-order valence-corrected chi connectivity index (χ2v) is 35.8. The average molecular weight is 1540 g/mol. The third kappa shape index (κ3) is 19.4. The molecule has 0 spiro atoms. The van der Waals surface area contributed by atoms with Gasteiger partial charge in [-0.15, -0.1) is 19.7 Å². The molecule has 16 aliphatic rings. The standard InChI is InChI=1S/C45H70O8.C42H64O8.C3H5.ClH.Mg/c1-10-13-31(46)22-34-29(8)37(19-25(4)12-3)49-39(34)23-38-28(7)26(5)20-32(48-38)15-16-35-27(6)21-33(47-35)17-18-45-24-40-42(53-45)44-43(51-40)41(52-45)30(9)36(50-44)14-11-2;1-9-11-33-28(8)38-40-41(47-33)39-37(48-40)22-42(49-38,50-39)16-14-30-20-25(5)32(44-30)13-12-29-19-24(4)26(6)35(45-29)21-36-31(15-17-43)27(7)34(46-36)18-23(3)10-2;1-3-2;;/h10-11,25-26,29-44,46H,1-2,6-7,12-24H2,3-5,8-9H3;9,17,23-24,27-41H,1,5-6,10-16,18-22H2,2-4,7-8H3;3H,1-2H2;1H;/q;;-1;;+2/p-1/t25-,26-,29-,30?,31?,32?,33+,34-,35+,36+,37-,38-,39+,40-,41+,42+,43+,44+,45-;23-,24-,27-,28?,29?,30+,31-,32+,33+,34-,35-,36+,37-,38+,39+,40+,41+,42-;;;/m11.../s1. The average Bonchev–Trinajstić information content (AvgIpc) is 1.56. The van der Waals surface area contributed by atoms with E-state index < -0.39 is 17.7 Å². The molecule has 12 bridgehead atoms. The minimum absolute atomic E-state index is 0. The van der Waals surface area contributed by atoms with Crippen LogP contribution in [-0.4, -0.2) is 199 Å². The predicted molar refractivity (Wildman–Crippen MR) is 419 cm³/mol. The number of aliphatic hydroxyl groups is 1. The number of carbonyl (C=O) groups is 1. The first-order valence-corrected chi connectivity index (χ1v) is 42.2. The van der Waals surface area contributed by atoms with Gasteiger partial charge in [-0.2, -0.15) is 0 Å². The summed E-state index contributed by atoms with van der Waals surface area (Å²) < 4.78 is 93.8. The quantitative estimate of drug-likeness (QED) is 0.0292. The van der Waals surface area contributed by atoms with E-state index in [0.717, 1.165) is 160 Å². The van der Waals surface area contributed by atoms with Crippen LogP contribution < -0.4 is 12.4 Å². The van der Waals surface area contributed by atoms with E-state index >= 15 is 0 Å². The van der Waals surface area contributed by atoms with Gasteiger partial charge < -0.3 is 88.6 Å². The van der Waals surface area contributed by atoms with Crippen LogP contribution in [-0.2, 0) is 71.1 Å². The molecule has 16 saturated heterocycles. The maximum Gasteiger partial charge on any atom is 2.00 e. The van der Waals surface area contributed by atoms with Gasteiger partial charge in [0.1, 0.15) is 42.9 Å². The molecule has 0 saturated carbocycles. The molecule has 0 aliphatic carbocycles. The Balaban J connectivity index is 0.000000219. The van der Waals surface area contributed by atoms with Gasteiger partial charge in [-0.05, 0) is 172 Å². The van der Waals surface area contributed by atoms with Crippen molar-refractivity contribution < 1.29 is 88.6 Å². The molecule has 18 heteroatoms. The van der Waals surface area contributed by atoms with Crippen LogP contribution in [0.15, 0.2) is 99.2 Å². The van der Waals surface area contributed by atoms with E-state index in [0.29, 0.717) is 48.3 Å². The SMILES string of the molecule is C=CCC(O)C[C@@H]1[C@@H](C)[C@@H](C[C@H](C)CC)O[C@H]1C[C@H]1OC(CC[C@@H]2O[C@@H](CC[C@@]34C[C@H]5O[C@@H]6[C@@H](O[C@@H](CC=C)C(C)[C@@H]6O3)[C@H]5O4)CC2=C)C[C@@H](C)C1=C.C=CC[C@@H]1O[C@H]2[C@H]3O[C@]4(CC[C@H]5CC(=C)[C@H](CCC6C[C@@H](C)C(=C)[C@@H](C[C@@H]7O[C@H](C[C@H](C)CC)[C@H](C)[C@H]7CC=O)O6)O5)C[C@H]3O[C@H]2[C@@H](O4)C1C.C=C[CH2-].[Cl-].[Mg+2]. The van der Waals surface area contributed by atoms with Gasteiger partial charge in [0.2, 0.25) is 0 Å². The van der Waals surface area contributed by atoms with Gasteiger partial charge in [-0.1, -0.05) is 127 Å². The van der Waals surface area contributed by atoms with Crippen LogP contribution in [0.25, 0.3) is 0 Å².